The van der Waals surface area contributed by atoms with Gasteiger partial charge in [0.25, 0.3) is 5.91 Å². The Kier molecular flexibility index (Phi) is 4.21. The first-order valence-electron chi connectivity index (χ1n) is 6.39. The van der Waals surface area contributed by atoms with Crippen LogP contribution >= 0.6 is 0 Å². The van der Waals surface area contributed by atoms with Crippen molar-refractivity contribution in [2.24, 2.45) is 0 Å². The van der Waals surface area contributed by atoms with Crippen LogP contribution in [0.15, 0.2) is 18.5 Å². The van der Waals surface area contributed by atoms with E-state index in [1.54, 1.807) is 26.4 Å². The molecule has 0 aliphatic carbocycles. The summed E-state index contributed by atoms with van der Waals surface area (Å²) in [6.45, 7) is 4.70. The molecule has 1 aromatic heterocycles. The summed E-state index contributed by atoms with van der Waals surface area (Å²) < 4.78 is 5.06. The minimum absolute atomic E-state index is 0.0462. The second kappa shape index (κ2) is 5.88. The predicted molar refractivity (Wildman–Crippen MR) is 73.9 cm³/mol. The highest BCUT2D eigenvalue weighted by Crippen LogP contribution is 2.22. The highest BCUT2D eigenvalue weighted by atomic mass is 16.5. The van der Waals surface area contributed by atoms with Gasteiger partial charge in [-0.25, -0.2) is 0 Å². The number of methoxy groups -OCH3 is 1. The number of rotatable bonds is 3. The summed E-state index contributed by atoms with van der Waals surface area (Å²) in [5.41, 5.74) is 7.57. The van der Waals surface area contributed by atoms with Gasteiger partial charge >= 0.3 is 0 Å². The van der Waals surface area contributed by atoms with Crippen LogP contribution in [0, 0.1) is 0 Å². The van der Waals surface area contributed by atoms with Gasteiger partial charge in [0.15, 0.2) is 0 Å². The van der Waals surface area contributed by atoms with Crippen molar-refractivity contribution < 1.29 is 9.53 Å². The summed E-state index contributed by atoms with van der Waals surface area (Å²) in [6.07, 6.45) is 3.01. The highest BCUT2D eigenvalue weighted by Gasteiger charge is 2.25. The molecule has 1 unspecified atom stereocenters. The van der Waals surface area contributed by atoms with Crippen molar-refractivity contribution in [1.29, 1.82) is 0 Å². The molecule has 19 heavy (non-hydrogen) atoms. The van der Waals surface area contributed by atoms with Gasteiger partial charge in [-0.2, -0.15) is 0 Å². The number of carbonyl (C=O) groups is 1. The molecule has 2 rings (SSSR count). The molecule has 2 heterocycles. The highest BCUT2D eigenvalue weighted by molar-refractivity contribution is 5.81. The largest absolute Gasteiger partial charge is 0.396 e. The second-order valence-electron chi connectivity index (χ2n) is 4.62. The van der Waals surface area contributed by atoms with Crippen LogP contribution in [-0.4, -0.2) is 55.2 Å². The average Bonchev–Trinajstić information content (AvgIpc) is 2.46. The van der Waals surface area contributed by atoms with Crippen LogP contribution in [0.4, 0.5) is 11.4 Å². The Bertz CT molecular complexity index is 444. The van der Waals surface area contributed by atoms with E-state index in [2.05, 4.69) is 9.88 Å². The molecule has 2 N–H and O–H groups in total. The summed E-state index contributed by atoms with van der Waals surface area (Å²) in [6, 6.07) is 1.91. The predicted octanol–water partition coefficient (Wildman–Crippen LogP) is 0.347. The molecule has 0 bridgehead atoms. The molecule has 0 saturated carbocycles. The van der Waals surface area contributed by atoms with Gasteiger partial charge in [-0.15, -0.1) is 0 Å². The molecule has 1 fully saturated rings. The number of aromatic nitrogens is 1. The van der Waals surface area contributed by atoms with Gasteiger partial charge < -0.3 is 20.3 Å². The van der Waals surface area contributed by atoms with E-state index in [0.29, 0.717) is 18.8 Å². The van der Waals surface area contributed by atoms with Crippen molar-refractivity contribution in [3.8, 4) is 0 Å². The first kappa shape index (κ1) is 13.6. The first-order chi connectivity index (χ1) is 9.13. The molecular formula is C13H20N4O2. The Labute approximate surface area is 113 Å². The first-order valence-corrected chi connectivity index (χ1v) is 6.39. The maximum atomic E-state index is 12.0. The number of ether oxygens (including phenoxy) is 1. The third-order valence-corrected chi connectivity index (χ3v) is 3.46. The van der Waals surface area contributed by atoms with Gasteiger partial charge in [0.2, 0.25) is 0 Å². The molecule has 1 amide bonds. The zero-order valence-electron chi connectivity index (χ0n) is 11.4. The average molecular weight is 264 g/mol. The van der Waals surface area contributed by atoms with Crippen LogP contribution in [-0.2, 0) is 9.53 Å². The quantitative estimate of drug-likeness (QED) is 0.852. The lowest BCUT2D eigenvalue weighted by atomic mass is 10.2. The number of hydrogen-bond acceptors (Lipinski definition) is 5. The van der Waals surface area contributed by atoms with Gasteiger partial charge in [-0.1, -0.05) is 0 Å². The molecule has 1 aliphatic rings. The standard InChI is InChI=1S/C13H20N4O2/c1-10(19-2)13(18)17-7-5-16(6-8-17)12-3-4-15-9-11(12)14/h3-4,9-10H,5-8,14H2,1-2H3. The molecule has 0 radical (unpaired) electrons. The molecule has 0 spiro atoms. The van der Waals surface area contributed by atoms with E-state index < -0.39 is 0 Å². The lowest BCUT2D eigenvalue weighted by Gasteiger charge is -2.37. The number of carbonyl (C=O) groups excluding carboxylic acids is 1. The summed E-state index contributed by atoms with van der Waals surface area (Å²) in [5, 5.41) is 0. The van der Waals surface area contributed by atoms with Crippen molar-refractivity contribution in [2.45, 2.75) is 13.0 Å². The molecule has 0 aromatic carbocycles. The van der Waals surface area contributed by atoms with Crippen molar-refractivity contribution in [1.82, 2.24) is 9.88 Å². The van der Waals surface area contributed by atoms with E-state index in [0.717, 1.165) is 18.8 Å². The van der Waals surface area contributed by atoms with Crippen LogP contribution in [0.25, 0.3) is 0 Å². The number of anilines is 2. The summed E-state index contributed by atoms with van der Waals surface area (Å²) >= 11 is 0. The Balaban J connectivity index is 1.96. The van der Waals surface area contributed by atoms with Gasteiger partial charge in [-0.05, 0) is 13.0 Å². The number of nitrogens with zero attached hydrogens (tertiary/aromatic N) is 3. The fraction of sp³-hybridized carbons (Fsp3) is 0.538. The van der Waals surface area contributed by atoms with E-state index in [1.165, 1.54) is 0 Å². The molecule has 1 saturated heterocycles. The van der Waals surface area contributed by atoms with Crippen LogP contribution in [0.5, 0.6) is 0 Å². The Morgan fingerprint density at radius 1 is 1.42 bits per heavy atom. The SMILES string of the molecule is COC(C)C(=O)N1CCN(c2ccncc2N)CC1. The van der Waals surface area contributed by atoms with E-state index in [9.17, 15) is 4.79 Å². The molecule has 6 nitrogen and oxygen atoms in total. The third kappa shape index (κ3) is 2.96. The molecule has 1 aliphatic heterocycles. The zero-order chi connectivity index (χ0) is 13.8. The number of amides is 1. The normalized spacial score (nSPS) is 17.4. The van der Waals surface area contributed by atoms with Crippen LogP contribution in [0.3, 0.4) is 0 Å². The van der Waals surface area contributed by atoms with Crippen molar-refractivity contribution >= 4 is 17.3 Å². The Morgan fingerprint density at radius 2 is 2.11 bits per heavy atom. The number of hydrogen-bond donors (Lipinski definition) is 1. The van der Waals surface area contributed by atoms with Gasteiger partial charge in [0, 0.05) is 39.5 Å². The smallest absolute Gasteiger partial charge is 0.251 e. The van der Waals surface area contributed by atoms with Gasteiger partial charge in [0.05, 0.1) is 17.6 Å². The van der Waals surface area contributed by atoms with E-state index in [1.807, 2.05) is 11.0 Å². The van der Waals surface area contributed by atoms with E-state index in [4.69, 9.17) is 10.5 Å². The van der Waals surface area contributed by atoms with E-state index >= 15 is 0 Å². The lowest BCUT2D eigenvalue weighted by Crippen LogP contribution is -2.51. The van der Waals surface area contributed by atoms with Crippen LogP contribution in [0.1, 0.15) is 6.92 Å². The maximum absolute atomic E-state index is 12.0. The Hall–Kier alpha value is -1.82. The fourth-order valence-electron chi connectivity index (χ4n) is 2.21. The molecular weight excluding hydrogens is 244 g/mol. The topological polar surface area (TPSA) is 71.7 Å². The van der Waals surface area contributed by atoms with Crippen molar-refractivity contribution in [2.75, 3.05) is 43.9 Å². The monoisotopic (exact) mass is 264 g/mol. The van der Waals surface area contributed by atoms with Crippen LogP contribution in [0.2, 0.25) is 0 Å². The maximum Gasteiger partial charge on any atom is 0.251 e. The van der Waals surface area contributed by atoms with Gasteiger partial charge in [0.1, 0.15) is 6.10 Å². The Morgan fingerprint density at radius 3 is 2.68 bits per heavy atom. The second-order valence-corrected chi connectivity index (χ2v) is 4.62. The minimum Gasteiger partial charge on any atom is -0.396 e. The number of nitrogen functional groups attached to an aromatic ring is 1. The summed E-state index contributed by atoms with van der Waals surface area (Å²) in [5.74, 6) is 0.0462. The van der Waals surface area contributed by atoms with Gasteiger partial charge in [-0.3, -0.25) is 9.78 Å². The zero-order valence-corrected chi connectivity index (χ0v) is 11.4. The summed E-state index contributed by atoms with van der Waals surface area (Å²) in [7, 11) is 1.55. The number of nitrogens with two attached hydrogens (primary N) is 1. The van der Waals surface area contributed by atoms with Crippen molar-refractivity contribution in [3.63, 3.8) is 0 Å². The molecule has 104 valence electrons. The lowest BCUT2D eigenvalue weighted by molar-refractivity contribution is -0.141. The van der Waals surface area contributed by atoms with E-state index in [-0.39, 0.29) is 12.0 Å². The number of piperazine rings is 1. The summed E-state index contributed by atoms with van der Waals surface area (Å²) in [4.78, 5) is 20.0. The number of pyridine rings is 1. The van der Waals surface area contributed by atoms with Crippen molar-refractivity contribution in [3.05, 3.63) is 18.5 Å². The molecule has 6 heteroatoms. The minimum atomic E-state index is -0.377. The molecule has 1 atom stereocenters. The molecule has 1 aromatic rings. The fourth-order valence-corrected chi connectivity index (χ4v) is 2.21. The van der Waals surface area contributed by atoms with Crippen LogP contribution < -0.4 is 10.6 Å². The third-order valence-electron chi connectivity index (χ3n) is 3.46.